The first kappa shape index (κ1) is 18.4. The molecule has 0 saturated carbocycles. The van der Waals surface area contributed by atoms with Crippen LogP contribution < -0.4 is 10.3 Å². The lowest BCUT2D eigenvalue weighted by molar-refractivity contribution is 0.875. The third-order valence-corrected chi connectivity index (χ3v) is 5.47. The molecule has 0 spiro atoms. The van der Waals surface area contributed by atoms with Crippen LogP contribution in [0.3, 0.4) is 0 Å². The summed E-state index contributed by atoms with van der Waals surface area (Å²) in [4.78, 5) is 12.7. The zero-order valence-electron chi connectivity index (χ0n) is 16.0. The lowest BCUT2D eigenvalue weighted by Crippen LogP contribution is -2.16. The zero-order chi connectivity index (χ0) is 19.5. The summed E-state index contributed by atoms with van der Waals surface area (Å²) in [7, 11) is 1.81. The van der Waals surface area contributed by atoms with E-state index in [0.717, 1.165) is 44.5 Å². The molecule has 0 radical (unpaired) electrons. The largest absolute Gasteiger partial charge is 0.330 e. The van der Waals surface area contributed by atoms with Gasteiger partial charge >= 0.3 is 0 Å². The molecule has 140 valence electrons. The summed E-state index contributed by atoms with van der Waals surface area (Å²) in [6.07, 6.45) is 1.94. The summed E-state index contributed by atoms with van der Waals surface area (Å²) in [6, 6.07) is 24.7. The standard InChI is InChI=1S/C24H22N2OS/c1-3-28-25-20-11-7-10-19(14-20)23-16-26(2)24(27)21-13-12-18(15-22(21)23)17-8-5-4-6-9-17/h4-16,25H,3H2,1-2H3. The highest BCUT2D eigenvalue weighted by atomic mass is 32.2. The van der Waals surface area contributed by atoms with Crippen molar-refractivity contribution in [3.63, 3.8) is 0 Å². The first-order chi connectivity index (χ1) is 13.7. The molecule has 4 rings (SSSR count). The van der Waals surface area contributed by atoms with Gasteiger partial charge in [0.2, 0.25) is 0 Å². The molecule has 4 aromatic rings. The van der Waals surface area contributed by atoms with Gasteiger partial charge in [0.05, 0.1) is 0 Å². The Balaban J connectivity index is 1.92. The molecule has 0 fully saturated rings. The van der Waals surface area contributed by atoms with Gasteiger partial charge in [-0.25, -0.2) is 0 Å². The van der Waals surface area contributed by atoms with Crippen molar-refractivity contribution >= 4 is 28.4 Å². The third-order valence-electron chi connectivity index (χ3n) is 4.80. The second-order valence-corrected chi connectivity index (χ2v) is 7.77. The van der Waals surface area contributed by atoms with Crippen molar-refractivity contribution in [2.45, 2.75) is 6.92 Å². The van der Waals surface area contributed by atoms with Crippen LogP contribution in [0.25, 0.3) is 33.0 Å². The van der Waals surface area contributed by atoms with Crippen LogP contribution in [0, 0.1) is 0 Å². The van der Waals surface area contributed by atoms with Gasteiger partial charge < -0.3 is 9.29 Å². The highest BCUT2D eigenvalue weighted by Crippen LogP contribution is 2.32. The Hall–Kier alpha value is -2.98. The Morgan fingerprint density at radius 1 is 0.857 bits per heavy atom. The SMILES string of the molecule is CCSNc1cccc(-c2cn(C)c(=O)c3ccc(-c4ccccc4)cc23)c1. The Morgan fingerprint density at radius 2 is 1.64 bits per heavy atom. The second-order valence-electron chi connectivity index (χ2n) is 6.70. The van der Waals surface area contributed by atoms with Gasteiger partial charge in [0.1, 0.15) is 0 Å². The van der Waals surface area contributed by atoms with E-state index in [1.165, 1.54) is 0 Å². The normalized spacial score (nSPS) is 10.9. The first-order valence-electron chi connectivity index (χ1n) is 9.34. The van der Waals surface area contributed by atoms with Gasteiger partial charge in [0.25, 0.3) is 5.56 Å². The summed E-state index contributed by atoms with van der Waals surface area (Å²) < 4.78 is 5.03. The van der Waals surface area contributed by atoms with Crippen molar-refractivity contribution in [2.24, 2.45) is 7.05 Å². The Kier molecular flexibility index (Phi) is 5.22. The molecule has 0 atom stereocenters. The predicted octanol–water partition coefficient (Wildman–Crippen LogP) is 5.95. The molecule has 0 aliphatic carbocycles. The van der Waals surface area contributed by atoms with Crippen LogP contribution in [0.4, 0.5) is 5.69 Å². The molecular formula is C24H22N2OS. The highest BCUT2D eigenvalue weighted by molar-refractivity contribution is 8.00. The summed E-state index contributed by atoms with van der Waals surface area (Å²) in [6.45, 7) is 2.12. The van der Waals surface area contributed by atoms with Gasteiger partial charge in [-0.3, -0.25) is 4.79 Å². The number of pyridine rings is 1. The van der Waals surface area contributed by atoms with E-state index in [4.69, 9.17) is 0 Å². The average Bonchev–Trinajstić information content (AvgIpc) is 2.75. The van der Waals surface area contributed by atoms with Crippen LogP contribution in [0.2, 0.25) is 0 Å². The van der Waals surface area contributed by atoms with Crippen LogP contribution in [0.15, 0.2) is 83.8 Å². The molecular weight excluding hydrogens is 364 g/mol. The van der Waals surface area contributed by atoms with Crippen molar-refractivity contribution in [1.29, 1.82) is 0 Å². The number of aromatic nitrogens is 1. The fraction of sp³-hybridized carbons (Fsp3) is 0.125. The number of nitrogens with one attached hydrogen (secondary N) is 1. The molecule has 0 unspecified atom stereocenters. The van der Waals surface area contributed by atoms with Crippen molar-refractivity contribution in [3.05, 3.63) is 89.3 Å². The van der Waals surface area contributed by atoms with E-state index in [2.05, 4.69) is 48.0 Å². The molecule has 0 aliphatic heterocycles. The van der Waals surface area contributed by atoms with Crippen LogP contribution in [-0.2, 0) is 7.05 Å². The number of anilines is 1. The lowest BCUT2D eigenvalue weighted by atomic mass is 9.96. The Bertz CT molecular complexity index is 1180. The zero-order valence-corrected chi connectivity index (χ0v) is 16.8. The maximum absolute atomic E-state index is 12.7. The molecule has 0 amide bonds. The van der Waals surface area contributed by atoms with Crippen molar-refractivity contribution in [1.82, 2.24) is 4.57 Å². The van der Waals surface area contributed by atoms with Crippen LogP contribution in [0.5, 0.6) is 0 Å². The molecule has 3 aromatic carbocycles. The molecule has 1 aromatic heterocycles. The molecule has 0 bridgehead atoms. The Labute approximate surface area is 169 Å². The van der Waals surface area contributed by atoms with Crippen LogP contribution >= 0.6 is 11.9 Å². The molecule has 0 saturated heterocycles. The van der Waals surface area contributed by atoms with E-state index in [0.29, 0.717) is 0 Å². The molecule has 0 aliphatic rings. The van der Waals surface area contributed by atoms with Gasteiger partial charge in [-0.1, -0.05) is 67.4 Å². The predicted molar refractivity (Wildman–Crippen MR) is 122 cm³/mol. The summed E-state index contributed by atoms with van der Waals surface area (Å²) in [5, 5.41) is 1.71. The monoisotopic (exact) mass is 386 g/mol. The minimum Gasteiger partial charge on any atom is -0.330 e. The molecule has 4 heteroatoms. The smallest absolute Gasteiger partial charge is 0.258 e. The number of hydrogen-bond acceptors (Lipinski definition) is 3. The van der Waals surface area contributed by atoms with Gasteiger partial charge in [-0.05, 0) is 46.3 Å². The van der Waals surface area contributed by atoms with Gasteiger partial charge in [0, 0.05) is 35.6 Å². The van der Waals surface area contributed by atoms with E-state index in [9.17, 15) is 4.79 Å². The van der Waals surface area contributed by atoms with Crippen LogP contribution in [-0.4, -0.2) is 10.3 Å². The number of benzene rings is 3. The van der Waals surface area contributed by atoms with Crippen molar-refractivity contribution in [2.75, 3.05) is 10.5 Å². The van der Waals surface area contributed by atoms with Crippen LogP contribution in [0.1, 0.15) is 6.92 Å². The van der Waals surface area contributed by atoms with Gasteiger partial charge in [-0.15, -0.1) is 0 Å². The van der Waals surface area contributed by atoms with E-state index in [-0.39, 0.29) is 5.56 Å². The highest BCUT2D eigenvalue weighted by Gasteiger charge is 2.11. The molecule has 3 nitrogen and oxygen atoms in total. The minimum absolute atomic E-state index is 0.0224. The van der Waals surface area contributed by atoms with Gasteiger partial charge in [0.15, 0.2) is 0 Å². The van der Waals surface area contributed by atoms with E-state index in [1.807, 2.05) is 49.6 Å². The third kappa shape index (κ3) is 3.56. The molecule has 28 heavy (non-hydrogen) atoms. The number of rotatable bonds is 5. The van der Waals surface area contributed by atoms with E-state index in [1.54, 1.807) is 16.5 Å². The second kappa shape index (κ2) is 7.95. The topological polar surface area (TPSA) is 34.0 Å². The number of aryl methyl sites for hydroxylation is 1. The Morgan fingerprint density at radius 3 is 2.43 bits per heavy atom. The number of hydrogen-bond donors (Lipinski definition) is 1. The molecule has 1 N–H and O–H groups in total. The first-order valence-corrected chi connectivity index (χ1v) is 10.3. The fourth-order valence-electron chi connectivity index (χ4n) is 3.41. The average molecular weight is 387 g/mol. The minimum atomic E-state index is 0.0224. The quantitative estimate of drug-likeness (QED) is 0.430. The number of fused-ring (bicyclic) bond motifs is 1. The maximum Gasteiger partial charge on any atom is 0.258 e. The van der Waals surface area contributed by atoms with E-state index < -0.39 is 0 Å². The summed E-state index contributed by atoms with van der Waals surface area (Å²) >= 11 is 1.67. The van der Waals surface area contributed by atoms with Gasteiger partial charge in [-0.2, -0.15) is 0 Å². The lowest BCUT2D eigenvalue weighted by Gasteiger charge is -2.13. The molecule has 1 heterocycles. The number of nitrogens with zero attached hydrogens (tertiary/aromatic N) is 1. The van der Waals surface area contributed by atoms with Crippen molar-refractivity contribution in [3.8, 4) is 22.3 Å². The van der Waals surface area contributed by atoms with Crippen molar-refractivity contribution < 1.29 is 0 Å². The van der Waals surface area contributed by atoms with E-state index >= 15 is 0 Å². The maximum atomic E-state index is 12.7. The fourth-order valence-corrected chi connectivity index (χ4v) is 3.85. The summed E-state index contributed by atoms with van der Waals surface area (Å²) in [5.41, 5.74) is 5.48. The summed E-state index contributed by atoms with van der Waals surface area (Å²) in [5.74, 6) is 0.993.